The van der Waals surface area contributed by atoms with Crippen molar-refractivity contribution in [2.45, 2.75) is 58.3 Å². The van der Waals surface area contributed by atoms with Gasteiger partial charge in [0.25, 0.3) is 0 Å². The fourth-order valence-corrected chi connectivity index (χ4v) is 2.25. The maximum Gasteiger partial charge on any atom is 0.506 e. The Balaban J connectivity index is 3.11. The van der Waals surface area contributed by atoms with Gasteiger partial charge in [0.15, 0.2) is 5.60 Å². The van der Waals surface area contributed by atoms with E-state index in [0.29, 0.717) is 6.42 Å². The van der Waals surface area contributed by atoms with Gasteiger partial charge in [-0.2, -0.15) is 0 Å². The molecule has 0 aliphatic rings. The molecule has 3 atom stereocenters. The predicted molar refractivity (Wildman–Crippen MR) is 77.8 cm³/mol. The molecule has 0 saturated carbocycles. The summed E-state index contributed by atoms with van der Waals surface area (Å²) in [5.74, 6) is 0. The molecule has 1 N–H and O–H groups in total. The summed E-state index contributed by atoms with van der Waals surface area (Å²) in [6.07, 6.45) is -0.0174. The molecule has 0 radical (unpaired) electrons. The van der Waals surface area contributed by atoms with Crippen LogP contribution in [-0.2, 0) is 15.1 Å². The standard InChI is InChI=1S/C16H24O4/c1-5-12(3)19-14(6-2)16(4,20-15(17)18)13-10-8-7-9-11-13/h7-12,14H,5-6H2,1-4H3,(H,17,18). The smallest absolute Gasteiger partial charge is 0.450 e. The highest BCUT2D eigenvalue weighted by atomic mass is 16.7. The maximum atomic E-state index is 11.1. The van der Waals surface area contributed by atoms with Crippen LogP contribution in [0.15, 0.2) is 30.3 Å². The van der Waals surface area contributed by atoms with Gasteiger partial charge in [-0.15, -0.1) is 0 Å². The highest BCUT2D eigenvalue weighted by Crippen LogP contribution is 2.34. The Morgan fingerprint density at radius 2 is 1.85 bits per heavy atom. The van der Waals surface area contributed by atoms with Crippen LogP contribution in [0.1, 0.15) is 46.1 Å². The predicted octanol–water partition coefficient (Wildman–Crippen LogP) is 4.19. The van der Waals surface area contributed by atoms with E-state index in [4.69, 9.17) is 14.6 Å². The average Bonchev–Trinajstić information content (AvgIpc) is 2.44. The van der Waals surface area contributed by atoms with Gasteiger partial charge in [-0.05, 0) is 32.3 Å². The number of hydrogen-bond acceptors (Lipinski definition) is 3. The fourth-order valence-electron chi connectivity index (χ4n) is 2.25. The van der Waals surface area contributed by atoms with E-state index in [2.05, 4.69) is 0 Å². The third-order valence-electron chi connectivity index (χ3n) is 3.60. The van der Waals surface area contributed by atoms with Gasteiger partial charge in [-0.25, -0.2) is 4.79 Å². The average molecular weight is 280 g/mol. The molecule has 3 unspecified atom stereocenters. The van der Waals surface area contributed by atoms with Gasteiger partial charge in [0, 0.05) is 0 Å². The molecule has 1 aromatic carbocycles. The second-order valence-corrected chi connectivity index (χ2v) is 5.09. The number of carbonyl (C=O) groups is 1. The zero-order chi connectivity index (χ0) is 15.2. The first-order chi connectivity index (χ1) is 9.43. The fraction of sp³-hybridized carbons (Fsp3) is 0.562. The molecule has 0 amide bonds. The first-order valence-electron chi connectivity index (χ1n) is 7.06. The van der Waals surface area contributed by atoms with Crippen LogP contribution >= 0.6 is 0 Å². The lowest BCUT2D eigenvalue weighted by atomic mass is 9.88. The monoisotopic (exact) mass is 280 g/mol. The molecule has 112 valence electrons. The molecule has 0 bridgehead atoms. The van der Waals surface area contributed by atoms with Gasteiger partial charge in [0.1, 0.15) is 6.10 Å². The minimum Gasteiger partial charge on any atom is -0.450 e. The van der Waals surface area contributed by atoms with E-state index in [9.17, 15) is 4.79 Å². The molecule has 0 spiro atoms. The number of benzene rings is 1. The van der Waals surface area contributed by atoms with Crippen molar-refractivity contribution in [1.29, 1.82) is 0 Å². The van der Waals surface area contributed by atoms with Crippen LogP contribution in [0, 0.1) is 0 Å². The molecule has 20 heavy (non-hydrogen) atoms. The lowest BCUT2D eigenvalue weighted by Gasteiger charge is -2.37. The molecular weight excluding hydrogens is 256 g/mol. The van der Waals surface area contributed by atoms with Crippen molar-refractivity contribution >= 4 is 6.16 Å². The molecule has 4 heteroatoms. The van der Waals surface area contributed by atoms with Crippen molar-refractivity contribution in [2.24, 2.45) is 0 Å². The zero-order valence-electron chi connectivity index (χ0n) is 12.6. The van der Waals surface area contributed by atoms with Crippen molar-refractivity contribution < 1.29 is 19.4 Å². The Morgan fingerprint density at radius 3 is 2.30 bits per heavy atom. The van der Waals surface area contributed by atoms with Gasteiger partial charge in [-0.3, -0.25) is 0 Å². The number of ether oxygens (including phenoxy) is 2. The normalized spacial score (nSPS) is 17.0. The van der Waals surface area contributed by atoms with E-state index in [1.54, 1.807) is 6.92 Å². The Kier molecular flexibility index (Phi) is 6.02. The van der Waals surface area contributed by atoms with E-state index in [-0.39, 0.29) is 12.2 Å². The van der Waals surface area contributed by atoms with E-state index < -0.39 is 11.8 Å². The van der Waals surface area contributed by atoms with Crippen LogP contribution in [0.2, 0.25) is 0 Å². The Bertz CT molecular complexity index is 418. The lowest BCUT2D eigenvalue weighted by Crippen LogP contribution is -2.43. The van der Waals surface area contributed by atoms with Crippen LogP contribution in [0.25, 0.3) is 0 Å². The van der Waals surface area contributed by atoms with Gasteiger partial charge in [0.05, 0.1) is 6.10 Å². The Labute approximate surface area is 120 Å². The quantitative estimate of drug-likeness (QED) is 0.761. The second kappa shape index (κ2) is 7.29. The maximum absolute atomic E-state index is 11.1. The summed E-state index contributed by atoms with van der Waals surface area (Å²) >= 11 is 0. The van der Waals surface area contributed by atoms with E-state index in [0.717, 1.165) is 12.0 Å². The molecule has 0 aliphatic carbocycles. The van der Waals surface area contributed by atoms with Gasteiger partial charge in [0.2, 0.25) is 0 Å². The second-order valence-electron chi connectivity index (χ2n) is 5.09. The van der Waals surface area contributed by atoms with Gasteiger partial charge in [-0.1, -0.05) is 44.2 Å². The molecule has 4 nitrogen and oxygen atoms in total. The first-order valence-corrected chi connectivity index (χ1v) is 7.06. The van der Waals surface area contributed by atoms with E-state index >= 15 is 0 Å². The van der Waals surface area contributed by atoms with Crippen LogP contribution in [0.3, 0.4) is 0 Å². The number of carboxylic acid groups (broad SMARTS) is 1. The Hall–Kier alpha value is -1.55. The van der Waals surface area contributed by atoms with Crippen LogP contribution in [-0.4, -0.2) is 23.5 Å². The molecule has 0 aromatic heterocycles. The van der Waals surface area contributed by atoms with Crippen LogP contribution < -0.4 is 0 Å². The van der Waals surface area contributed by atoms with Crippen molar-refractivity contribution in [3.63, 3.8) is 0 Å². The Morgan fingerprint density at radius 1 is 1.25 bits per heavy atom. The number of rotatable bonds is 7. The molecule has 1 aromatic rings. The van der Waals surface area contributed by atoms with Gasteiger partial charge < -0.3 is 14.6 Å². The van der Waals surface area contributed by atoms with E-state index in [1.807, 2.05) is 51.1 Å². The summed E-state index contributed by atoms with van der Waals surface area (Å²) in [7, 11) is 0. The minimum absolute atomic E-state index is 0.0559. The van der Waals surface area contributed by atoms with Crippen molar-refractivity contribution in [3.8, 4) is 0 Å². The third-order valence-corrected chi connectivity index (χ3v) is 3.60. The van der Waals surface area contributed by atoms with Crippen molar-refractivity contribution in [2.75, 3.05) is 0 Å². The highest BCUT2D eigenvalue weighted by molar-refractivity contribution is 5.58. The highest BCUT2D eigenvalue weighted by Gasteiger charge is 2.40. The zero-order valence-corrected chi connectivity index (χ0v) is 12.6. The molecule has 0 heterocycles. The summed E-state index contributed by atoms with van der Waals surface area (Å²) in [6, 6.07) is 9.36. The molecule has 0 aliphatic heterocycles. The van der Waals surface area contributed by atoms with Gasteiger partial charge >= 0.3 is 6.16 Å². The summed E-state index contributed by atoms with van der Waals surface area (Å²) in [5.41, 5.74) is -0.205. The molecule has 0 fully saturated rings. The molecular formula is C16H24O4. The first kappa shape index (κ1) is 16.5. The largest absolute Gasteiger partial charge is 0.506 e. The summed E-state index contributed by atoms with van der Waals surface area (Å²) in [4.78, 5) is 11.1. The minimum atomic E-state index is -1.29. The summed E-state index contributed by atoms with van der Waals surface area (Å²) in [5, 5.41) is 9.07. The third kappa shape index (κ3) is 3.97. The molecule has 1 rings (SSSR count). The van der Waals surface area contributed by atoms with Crippen molar-refractivity contribution in [1.82, 2.24) is 0 Å². The number of hydrogen-bond donors (Lipinski definition) is 1. The summed E-state index contributed by atoms with van der Waals surface area (Å²) < 4.78 is 11.2. The summed E-state index contributed by atoms with van der Waals surface area (Å²) in [6.45, 7) is 7.76. The van der Waals surface area contributed by atoms with Crippen LogP contribution in [0.4, 0.5) is 4.79 Å². The topological polar surface area (TPSA) is 55.8 Å². The van der Waals surface area contributed by atoms with E-state index in [1.165, 1.54) is 0 Å². The van der Waals surface area contributed by atoms with Crippen LogP contribution in [0.5, 0.6) is 0 Å². The molecule has 0 saturated heterocycles. The van der Waals surface area contributed by atoms with Crippen molar-refractivity contribution in [3.05, 3.63) is 35.9 Å². The lowest BCUT2D eigenvalue weighted by molar-refractivity contribution is -0.139. The SMILES string of the molecule is CCC(C)OC(CC)C(C)(OC(=O)O)c1ccccc1.